The van der Waals surface area contributed by atoms with Crippen molar-refractivity contribution < 1.29 is 17.6 Å². The highest BCUT2D eigenvalue weighted by Gasteiger charge is 2.18. The zero-order chi connectivity index (χ0) is 12.6. The molecule has 4 heteroatoms. The van der Waals surface area contributed by atoms with Crippen LogP contribution in [0.25, 0.3) is 11.1 Å². The summed E-state index contributed by atoms with van der Waals surface area (Å²) in [5.41, 5.74) is -0.546. The quantitative estimate of drug-likeness (QED) is 0.659. The molecule has 0 fully saturated rings. The minimum Gasteiger partial charge on any atom is -0.207 e. The van der Waals surface area contributed by atoms with Crippen molar-refractivity contribution in [1.29, 1.82) is 0 Å². The van der Waals surface area contributed by atoms with E-state index in [1.807, 2.05) is 0 Å². The smallest absolute Gasteiger partial charge is 0.137 e. The van der Waals surface area contributed by atoms with E-state index in [1.54, 1.807) is 0 Å². The van der Waals surface area contributed by atoms with Crippen LogP contribution in [0.5, 0.6) is 0 Å². The van der Waals surface area contributed by atoms with Crippen molar-refractivity contribution in [1.82, 2.24) is 0 Å². The number of aryl methyl sites for hydroxylation is 1. The van der Waals surface area contributed by atoms with Crippen LogP contribution in [0.15, 0.2) is 24.3 Å². The van der Waals surface area contributed by atoms with Crippen LogP contribution in [-0.2, 0) is 0 Å². The zero-order valence-electron chi connectivity index (χ0n) is 8.82. The molecule has 0 bridgehead atoms. The number of halogens is 4. The van der Waals surface area contributed by atoms with Crippen molar-refractivity contribution in [2.24, 2.45) is 0 Å². The maximum absolute atomic E-state index is 13.5. The van der Waals surface area contributed by atoms with Crippen LogP contribution >= 0.6 is 0 Å². The first kappa shape index (κ1) is 11.6. The third-order valence-corrected chi connectivity index (χ3v) is 2.40. The van der Waals surface area contributed by atoms with E-state index in [2.05, 4.69) is 6.07 Å². The van der Waals surface area contributed by atoms with Gasteiger partial charge in [-0.15, -0.1) is 0 Å². The van der Waals surface area contributed by atoms with E-state index in [-0.39, 0.29) is 11.1 Å². The maximum atomic E-state index is 13.5. The minimum absolute atomic E-state index is 0.234. The van der Waals surface area contributed by atoms with Crippen LogP contribution in [-0.4, -0.2) is 0 Å². The summed E-state index contributed by atoms with van der Waals surface area (Å²) in [6.07, 6.45) is 0. The van der Waals surface area contributed by atoms with E-state index in [9.17, 15) is 17.6 Å². The molecular formula is C13H7F4. The second kappa shape index (κ2) is 4.20. The van der Waals surface area contributed by atoms with Crippen LogP contribution in [0.1, 0.15) is 5.56 Å². The predicted molar refractivity (Wildman–Crippen MR) is 55.3 cm³/mol. The van der Waals surface area contributed by atoms with Crippen LogP contribution in [0.3, 0.4) is 0 Å². The highest BCUT2D eigenvalue weighted by molar-refractivity contribution is 5.68. The summed E-state index contributed by atoms with van der Waals surface area (Å²) in [6.45, 7) is 1.47. The lowest BCUT2D eigenvalue weighted by atomic mass is 9.99. The number of benzene rings is 2. The molecule has 0 aliphatic rings. The molecule has 87 valence electrons. The van der Waals surface area contributed by atoms with Crippen molar-refractivity contribution >= 4 is 0 Å². The second-order valence-electron chi connectivity index (χ2n) is 3.57. The molecule has 1 radical (unpaired) electrons. The molecule has 0 atom stereocenters. The zero-order valence-corrected chi connectivity index (χ0v) is 8.82. The molecule has 0 saturated heterocycles. The van der Waals surface area contributed by atoms with Gasteiger partial charge in [0.25, 0.3) is 0 Å². The molecule has 0 saturated carbocycles. The Morgan fingerprint density at radius 1 is 0.882 bits per heavy atom. The lowest BCUT2D eigenvalue weighted by Crippen LogP contribution is -1.97. The summed E-state index contributed by atoms with van der Waals surface area (Å²) in [6, 6.07) is 6.04. The van der Waals surface area contributed by atoms with Gasteiger partial charge >= 0.3 is 0 Å². The molecule has 0 aliphatic carbocycles. The Kier molecular flexibility index (Phi) is 2.88. The molecule has 0 unspecified atom stereocenters. The second-order valence-corrected chi connectivity index (χ2v) is 3.57. The van der Waals surface area contributed by atoms with Crippen molar-refractivity contribution in [2.75, 3.05) is 0 Å². The number of hydrogen-bond donors (Lipinski definition) is 0. The Bertz CT molecular complexity index is 532. The molecule has 2 aromatic carbocycles. The first-order chi connectivity index (χ1) is 8.00. The van der Waals surface area contributed by atoms with Gasteiger partial charge in [-0.05, 0) is 24.6 Å². The Morgan fingerprint density at radius 2 is 1.47 bits per heavy atom. The molecular weight excluding hydrogens is 232 g/mol. The van der Waals surface area contributed by atoms with Gasteiger partial charge < -0.3 is 0 Å². The van der Waals surface area contributed by atoms with Gasteiger partial charge in [0.05, 0.1) is 5.56 Å². The van der Waals surface area contributed by atoms with E-state index in [0.717, 1.165) is 6.07 Å². The predicted octanol–water partition coefficient (Wildman–Crippen LogP) is 4.02. The van der Waals surface area contributed by atoms with Gasteiger partial charge in [0.2, 0.25) is 0 Å². The lowest BCUT2D eigenvalue weighted by molar-refractivity contribution is 0.544. The fourth-order valence-corrected chi connectivity index (χ4v) is 1.66. The van der Waals surface area contributed by atoms with Gasteiger partial charge in [-0.25, -0.2) is 17.6 Å². The fraction of sp³-hybridized carbons (Fsp3) is 0.0769. The van der Waals surface area contributed by atoms with Crippen LogP contribution < -0.4 is 0 Å². The molecule has 0 aromatic heterocycles. The third-order valence-electron chi connectivity index (χ3n) is 2.40. The molecule has 0 N–H and O–H groups in total. The van der Waals surface area contributed by atoms with Crippen LogP contribution in [0.4, 0.5) is 17.6 Å². The van der Waals surface area contributed by atoms with E-state index >= 15 is 0 Å². The molecule has 2 aromatic rings. The average Bonchev–Trinajstić information content (AvgIpc) is 2.21. The summed E-state index contributed by atoms with van der Waals surface area (Å²) in [5.74, 6) is -4.08. The molecule has 0 spiro atoms. The van der Waals surface area contributed by atoms with Crippen molar-refractivity contribution in [3.8, 4) is 11.1 Å². The van der Waals surface area contributed by atoms with E-state index < -0.39 is 28.8 Å². The highest BCUT2D eigenvalue weighted by atomic mass is 19.1. The molecule has 17 heavy (non-hydrogen) atoms. The number of hydrogen-bond acceptors (Lipinski definition) is 0. The first-order valence-electron chi connectivity index (χ1n) is 4.82. The SMILES string of the molecule is Cc1[c]ccc(F)c1-c1c(F)cc(F)cc1F. The monoisotopic (exact) mass is 239 g/mol. The molecule has 0 heterocycles. The highest BCUT2D eigenvalue weighted by Crippen LogP contribution is 2.31. The molecule has 0 aliphatic heterocycles. The Hall–Kier alpha value is -1.84. The molecule has 0 nitrogen and oxygen atoms in total. The van der Waals surface area contributed by atoms with Gasteiger partial charge in [0, 0.05) is 17.7 Å². The van der Waals surface area contributed by atoms with Gasteiger partial charge in [0.15, 0.2) is 0 Å². The van der Waals surface area contributed by atoms with E-state index in [1.165, 1.54) is 13.0 Å². The van der Waals surface area contributed by atoms with Crippen molar-refractivity contribution in [3.63, 3.8) is 0 Å². The van der Waals surface area contributed by atoms with E-state index in [4.69, 9.17) is 0 Å². The van der Waals surface area contributed by atoms with Crippen molar-refractivity contribution in [2.45, 2.75) is 6.92 Å². The largest absolute Gasteiger partial charge is 0.207 e. The average molecular weight is 239 g/mol. The summed E-state index contributed by atoms with van der Waals surface area (Å²) in [7, 11) is 0. The minimum atomic E-state index is -1.14. The molecule has 0 amide bonds. The van der Waals surface area contributed by atoms with Crippen LogP contribution in [0, 0.1) is 36.3 Å². The topological polar surface area (TPSA) is 0 Å². The summed E-state index contributed by atoms with van der Waals surface area (Å²) in [5, 5.41) is 0. The maximum Gasteiger partial charge on any atom is 0.137 e. The normalized spacial score (nSPS) is 10.6. The summed E-state index contributed by atoms with van der Waals surface area (Å²) < 4.78 is 53.3. The van der Waals surface area contributed by atoms with Gasteiger partial charge in [-0.1, -0.05) is 6.07 Å². The fourth-order valence-electron chi connectivity index (χ4n) is 1.66. The third kappa shape index (κ3) is 2.02. The van der Waals surface area contributed by atoms with Gasteiger partial charge in [-0.3, -0.25) is 0 Å². The Balaban J connectivity index is 2.77. The van der Waals surface area contributed by atoms with Crippen LogP contribution in [0.2, 0.25) is 0 Å². The standard InChI is InChI=1S/C13H7F4/c1-7-3-2-4-9(15)12(7)13-10(16)5-8(14)6-11(13)17/h2,4-6H,1H3. The van der Waals surface area contributed by atoms with Gasteiger partial charge in [0.1, 0.15) is 23.3 Å². The Morgan fingerprint density at radius 3 is 2.00 bits per heavy atom. The number of rotatable bonds is 1. The summed E-state index contributed by atoms with van der Waals surface area (Å²) >= 11 is 0. The Labute approximate surface area is 95.5 Å². The summed E-state index contributed by atoms with van der Waals surface area (Å²) in [4.78, 5) is 0. The first-order valence-corrected chi connectivity index (χ1v) is 4.82. The van der Waals surface area contributed by atoms with E-state index in [0.29, 0.717) is 12.1 Å². The van der Waals surface area contributed by atoms with Crippen molar-refractivity contribution in [3.05, 3.63) is 59.2 Å². The lowest BCUT2D eigenvalue weighted by Gasteiger charge is -2.09. The molecule has 2 rings (SSSR count). The van der Waals surface area contributed by atoms with Gasteiger partial charge in [-0.2, -0.15) is 0 Å².